The number of hydrogen-bond donors (Lipinski definition) is 1. The van der Waals surface area contributed by atoms with Gasteiger partial charge < -0.3 is 5.32 Å². The standard InChI is InChI=1S/C19H17F3N2O3S/c1-2-28(26,27)16-9-5-13(6-10-16)17(11-12-23)24-18(25)14-3-7-15(8-4-14)19(20,21)22/h3-10,17H,2,11H2,1H3,(H,24,25). The Balaban J connectivity index is 2.21. The monoisotopic (exact) mass is 410 g/mol. The van der Waals surface area contributed by atoms with Crippen LogP contribution in [0.25, 0.3) is 0 Å². The molecular weight excluding hydrogens is 393 g/mol. The molecule has 0 saturated carbocycles. The molecule has 0 heterocycles. The van der Waals surface area contributed by atoms with Crippen LogP contribution in [0.2, 0.25) is 0 Å². The molecule has 0 aliphatic heterocycles. The summed E-state index contributed by atoms with van der Waals surface area (Å²) >= 11 is 0. The molecule has 0 fully saturated rings. The van der Waals surface area contributed by atoms with E-state index in [0.29, 0.717) is 5.56 Å². The summed E-state index contributed by atoms with van der Waals surface area (Å²) in [6.07, 6.45) is -4.59. The molecule has 1 atom stereocenters. The van der Waals surface area contributed by atoms with Gasteiger partial charge in [0.1, 0.15) is 0 Å². The zero-order chi connectivity index (χ0) is 20.9. The van der Waals surface area contributed by atoms with Crippen LogP contribution >= 0.6 is 0 Å². The van der Waals surface area contributed by atoms with E-state index in [-0.39, 0.29) is 22.6 Å². The smallest absolute Gasteiger partial charge is 0.344 e. The quantitative estimate of drug-likeness (QED) is 0.783. The van der Waals surface area contributed by atoms with Crippen LogP contribution in [0.4, 0.5) is 13.2 Å². The highest BCUT2D eigenvalue weighted by Crippen LogP contribution is 2.29. The van der Waals surface area contributed by atoms with Crippen molar-refractivity contribution in [3.8, 4) is 6.07 Å². The average molecular weight is 410 g/mol. The van der Waals surface area contributed by atoms with E-state index in [2.05, 4.69) is 5.32 Å². The molecule has 0 spiro atoms. The minimum Gasteiger partial charge on any atom is -0.344 e. The van der Waals surface area contributed by atoms with Gasteiger partial charge in [0, 0.05) is 5.56 Å². The zero-order valence-electron chi connectivity index (χ0n) is 14.8. The van der Waals surface area contributed by atoms with Gasteiger partial charge in [-0.3, -0.25) is 4.79 Å². The lowest BCUT2D eigenvalue weighted by atomic mass is 10.0. The van der Waals surface area contributed by atoms with Crippen LogP contribution in [0.15, 0.2) is 53.4 Å². The highest BCUT2D eigenvalue weighted by Gasteiger charge is 2.30. The van der Waals surface area contributed by atoms with Crippen LogP contribution in [-0.4, -0.2) is 20.1 Å². The van der Waals surface area contributed by atoms with E-state index < -0.39 is 33.5 Å². The first-order valence-electron chi connectivity index (χ1n) is 8.26. The molecule has 0 aliphatic carbocycles. The molecule has 1 N–H and O–H groups in total. The molecule has 0 aliphatic rings. The van der Waals surface area contributed by atoms with Crippen molar-refractivity contribution in [1.29, 1.82) is 5.26 Å². The van der Waals surface area contributed by atoms with Crippen LogP contribution in [0.3, 0.4) is 0 Å². The molecule has 28 heavy (non-hydrogen) atoms. The van der Waals surface area contributed by atoms with Crippen LogP contribution in [0.1, 0.15) is 40.9 Å². The summed E-state index contributed by atoms with van der Waals surface area (Å²) in [6.45, 7) is 1.52. The van der Waals surface area contributed by atoms with Gasteiger partial charge in [-0.2, -0.15) is 18.4 Å². The van der Waals surface area contributed by atoms with Crippen molar-refractivity contribution in [1.82, 2.24) is 5.32 Å². The first-order valence-corrected chi connectivity index (χ1v) is 9.91. The maximum atomic E-state index is 12.6. The van der Waals surface area contributed by atoms with Gasteiger partial charge in [0.15, 0.2) is 9.84 Å². The topological polar surface area (TPSA) is 87.0 Å². The maximum Gasteiger partial charge on any atom is 0.416 e. The van der Waals surface area contributed by atoms with Gasteiger partial charge in [-0.1, -0.05) is 19.1 Å². The van der Waals surface area contributed by atoms with Gasteiger partial charge in [0.2, 0.25) is 0 Å². The van der Waals surface area contributed by atoms with Crippen LogP contribution in [0.5, 0.6) is 0 Å². The SMILES string of the molecule is CCS(=O)(=O)c1ccc(C(CC#N)NC(=O)c2ccc(C(F)(F)F)cc2)cc1. The van der Waals surface area contributed by atoms with E-state index >= 15 is 0 Å². The minimum absolute atomic E-state index is 0.0149. The van der Waals surface area contributed by atoms with Crippen molar-refractivity contribution in [2.24, 2.45) is 0 Å². The minimum atomic E-state index is -4.50. The summed E-state index contributed by atoms with van der Waals surface area (Å²) in [5.74, 6) is -0.697. The van der Waals surface area contributed by atoms with E-state index in [4.69, 9.17) is 5.26 Å². The van der Waals surface area contributed by atoms with Gasteiger partial charge in [0.25, 0.3) is 5.91 Å². The number of nitrogens with zero attached hydrogens (tertiary/aromatic N) is 1. The fourth-order valence-corrected chi connectivity index (χ4v) is 3.35. The second kappa shape index (κ2) is 8.44. The van der Waals surface area contributed by atoms with E-state index in [1.807, 2.05) is 6.07 Å². The van der Waals surface area contributed by atoms with Gasteiger partial charge in [-0.05, 0) is 42.0 Å². The first-order chi connectivity index (χ1) is 13.1. The van der Waals surface area contributed by atoms with Crippen molar-refractivity contribution in [2.45, 2.75) is 30.5 Å². The molecular formula is C19H17F3N2O3S. The Bertz CT molecular complexity index is 977. The van der Waals surface area contributed by atoms with Crippen molar-refractivity contribution in [3.63, 3.8) is 0 Å². The second-order valence-corrected chi connectivity index (χ2v) is 8.21. The lowest BCUT2D eigenvalue weighted by Crippen LogP contribution is -2.28. The molecule has 9 heteroatoms. The van der Waals surface area contributed by atoms with E-state index in [1.165, 1.54) is 31.2 Å². The van der Waals surface area contributed by atoms with Gasteiger partial charge in [-0.25, -0.2) is 8.42 Å². The summed E-state index contributed by atoms with van der Waals surface area (Å²) in [5.41, 5.74) is -0.344. The molecule has 0 aromatic heterocycles. The molecule has 0 radical (unpaired) electrons. The first kappa shape index (κ1) is 21.4. The Morgan fingerprint density at radius 3 is 2.14 bits per heavy atom. The van der Waals surface area contributed by atoms with E-state index in [1.54, 1.807) is 0 Å². The van der Waals surface area contributed by atoms with Gasteiger partial charge in [-0.15, -0.1) is 0 Å². The molecule has 5 nitrogen and oxygen atoms in total. The number of rotatable bonds is 6. The fourth-order valence-electron chi connectivity index (χ4n) is 2.47. The fraction of sp³-hybridized carbons (Fsp3) is 0.263. The maximum absolute atomic E-state index is 12.6. The highest BCUT2D eigenvalue weighted by molar-refractivity contribution is 7.91. The summed E-state index contributed by atoms with van der Waals surface area (Å²) in [4.78, 5) is 12.5. The predicted octanol–water partition coefficient (Wildman–Crippen LogP) is 3.88. The highest BCUT2D eigenvalue weighted by atomic mass is 32.2. The Hall–Kier alpha value is -2.86. The largest absolute Gasteiger partial charge is 0.416 e. The predicted molar refractivity (Wildman–Crippen MR) is 96.1 cm³/mol. The second-order valence-electron chi connectivity index (χ2n) is 5.94. The molecule has 2 aromatic rings. The van der Waals surface area contributed by atoms with Crippen LogP contribution in [0, 0.1) is 11.3 Å². The Morgan fingerprint density at radius 1 is 1.11 bits per heavy atom. The molecule has 0 bridgehead atoms. The number of alkyl halides is 3. The number of carbonyl (C=O) groups is 1. The molecule has 148 valence electrons. The van der Waals surface area contributed by atoms with E-state index in [0.717, 1.165) is 24.3 Å². The zero-order valence-corrected chi connectivity index (χ0v) is 15.6. The number of nitriles is 1. The number of halogens is 3. The molecule has 1 unspecified atom stereocenters. The molecule has 2 aromatic carbocycles. The Kier molecular flexibility index (Phi) is 6.46. The van der Waals surface area contributed by atoms with Crippen molar-refractivity contribution in [2.75, 3.05) is 5.75 Å². The summed E-state index contributed by atoms with van der Waals surface area (Å²) in [7, 11) is -3.38. The average Bonchev–Trinajstić information content (AvgIpc) is 2.67. The number of benzene rings is 2. The lowest BCUT2D eigenvalue weighted by molar-refractivity contribution is -0.137. The third-order valence-corrected chi connectivity index (χ3v) is 5.85. The number of sulfone groups is 1. The summed E-state index contributed by atoms with van der Waals surface area (Å²) in [6, 6.07) is 10.7. The van der Waals surface area contributed by atoms with Crippen LogP contribution in [-0.2, 0) is 16.0 Å². The molecule has 2 rings (SSSR count). The number of hydrogen-bond acceptors (Lipinski definition) is 4. The van der Waals surface area contributed by atoms with E-state index in [9.17, 15) is 26.4 Å². The lowest BCUT2D eigenvalue weighted by Gasteiger charge is -2.17. The molecule has 1 amide bonds. The van der Waals surface area contributed by atoms with Crippen LogP contribution < -0.4 is 5.32 Å². The van der Waals surface area contributed by atoms with Crippen molar-refractivity contribution in [3.05, 3.63) is 65.2 Å². The van der Waals surface area contributed by atoms with Gasteiger partial charge >= 0.3 is 6.18 Å². The third kappa shape index (κ3) is 5.10. The third-order valence-electron chi connectivity index (χ3n) is 4.10. The number of carbonyl (C=O) groups excluding carboxylic acids is 1. The summed E-state index contributed by atoms with van der Waals surface area (Å²) in [5, 5.41) is 11.6. The Labute approximate surface area is 160 Å². The van der Waals surface area contributed by atoms with Crippen molar-refractivity contribution < 1.29 is 26.4 Å². The van der Waals surface area contributed by atoms with Gasteiger partial charge in [0.05, 0.1) is 34.7 Å². The number of amides is 1. The molecule has 0 saturated heterocycles. The Morgan fingerprint density at radius 2 is 1.68 bits per heavy atom. The van der Waals surface area contributed by atoms with Crippen molar-refractivity contribution >= 4 is 15.7 Å². The normalized spacial score (nSPS) is 12.8. The number of nitrogens with one attached hydrogen (secondary N) is 1. The summed E-state index contributed by atoms with van der Waals surface area (Å²) < 4.78 is 61.6.